The van der Waals surface area contributed by atoms with E-state index in [0.29, 0.717) is 0 Å². The van der Waals surface area contributed by atoms with Gasteiger partial charge < -0.3 is 10.3 Å². The fourth-order valence-corrected chi connectivity index (χ4v) is 2.19. The molecule has 0 fully saturated rings. The molecule has 0 aliphatic carbocycles. The number of carbonyl (C=O) groups excluding carboxylic acids is 1. The molecule has 1 aromatic heterocycles. The average Bonchev–Trinajstić information content (AvgIpc) is 2.70. The Labute approximate surface area is 103 Å². The highest BCUT2D eigenvalue weighted by molar-refractivity contribution is 6.23. The molecule has 17 heavy (non-hydrogen) atoms. The van der Waals surface area contributed by atoms with Gasteiger partial charge in [0.15, 0.2) is 0 Å². The molecule has 2 atom stereocenters. The van der Waals surface area contributed by atoms with Gasteiger partial charge in [0, 0.05) is 24.0 Å². The molecule has 1 amide bonds. The lowest BCUT2D eigenvalue weighted by molar-refractivity contribution is -0.119. The topological polar surface area (TPSA) is 44.9 Å². The molecule has 1 heterocycles. The minimum atomic E-state index is 0.0178. The van der Waals surface area contributed by atoms with Crippen LogP contribution in [0.3, 0.4) is 0 Å². The van der Waals surface area contributed by atoms with Crippen LogP contribution in [0.1, 0.15) is 18.3 Å². The number of benzene rings is 1. The predicted octanol–water partition coefficient (Wildman–Crippen LogP) is -0.0626. The highest BCUT2D eigenvalue weighted by Gasteiger charge is 2.17. The molecule has 2 N–H and O–H groups in total. The van der Waals surface area contributed by atoms with Gasteiger partial charge in [-0.25, -0.2) is 0 Å². The van der Waals surface area contributed by atoms with E-state index in [1.54, 1.807) is 6.92 Å². The van der Waals surface area contributed by atoms with Gasteiger partial charge in [0.2, 0.25) is 5.91 Å². The first kappa shape index (κ1) is 11.8. The maximum absolute atomic E-state index is 11.1. The number of aromatic amines is 1. The smallest absolute Gasteiger partial charge is 0.216 e. The minimum absolute atomic E-state index is 0.0178. The van der Waals surface area contributed by atoms with Crippen molar-refractivity contribution < 1.29 is 4.79 Å². The van der Waals surface area contributed by atoms with Crippen molar-refractivity contribution in [3.8, 4) is 0 Å². The van der Waals surface area contributed by atoms with Crippen LogP contribution in [0.25, 0.3) is 10.9 Å². The summed E-state index contributed by atoms with van der Waals surface area (Å²) in [5.74, 6) is 0.436. The predicted molar refractivity (Wildman–Crippen MR) is 75.7 cm³/mol. The maximum atomic E-state index is 11.1. The number of aromatic nitrogens is 1. The zero-order chi connectivity index (χ0) is 12.4. The molecule has 0 aliphatic heterocycles. The molecule has 0 bridgehead atoms. The molecule has 86 valence electrons. The summed E-state index contributed by atoms with van der Waals surface area (Å²) in [6, 6.07) is 8.23. The number of rotatable bonds is 3. The molecular formula is C12H16B2N2O. The van der Waals surface area contributed by atoms with Crippen LogP contribution in [-0.4, -0.2) is 32.5 Å². The lowest BCUT2D eigenvalue weighted by Crippen LogP contribution is -2.38. The van der Waals surface area contributed by atoms with Gasteiger partial charge in [-0.2, -0.15) is 0 Å². The zero-order valence-electron chi connectivity index (χ0n) is 10.4. The van der Waals surface area contributed by atoms with E-state index in [1.165, 1.54) is 10.9 Å². The molecule has 2 unspecified atom stereocenters. The lowest BCUT2D eigenvalue weighted by atomic mass is 9.68. The quantitative estimate of drug-likeness (QED) is 0.707. The normalized spacial score (nSPS) is 14.4. The van der Waals surface area contributed by atoms with Crippen LogP contribution in [0.2, 0.25) is 0 Å². The van der Waals surface area contributed by atoms with Crippen molar-refractivity contribution in [2.45, 2.75) is 18.7 Å². The number of hydrogen-bond acceptors (Lipinski definition) is 1. The van der Waals surface area contributed by atoms with Gasteiger partial charge in [-0.1, -0.05) is 18.2 Å². The van der Waals surface area contributed by atoms with Crippen molar-refractivity contribution in [3.05, 3.63) is 36.0 Å². The first-order chi connectivity index (χ1) is 8.09. The molecule has 0 saturated carbocycles. The van der Waals surface area contributed by atoms with Gasteiger partial charge in [-0.3, -0.25) is 4.79 Å². The second-order valence-corrected chi connectivity index (χ2v) is 4.57. The number of H-pyrrole nitrogens is 1. The summed E-state index contributed by atoms with van der Waals surface area (Å²) >= 11 is 0. The van der Waals surface area contributed by atoms with Crippen LogP contribution in [0.15, 0.2) is 30.5 Å². The van der Waals surface area contributed by atoms with E-state index in [-0.39, 0.29) is 17.7 Å². The van der Waals surface area contributed by atoms with Gasteiger partial charge in [-0.15, -0.1) is 0 Å². The summed E-state index contributed by atoms with van der Waals surface area (Å²) in [6.07, 6.45) is 2.04. The monoisotopic (exact) mass is 226 g/mol. The first-order valence-corrected chi connectivity index (χ1v) is 5.92. The number of fused-ring (bicyclic) bond motifs is 1. The van der Waals surface area contributed by atoms with E-state index in [4.69, 9.17) is 0 Å². The number of nitrogens with one attached hydrogen (secondary N) is 2. The Kier molecular flexibility index (Phi) is 3.27. The Balaban J connectivity index is 2.30. The summed E-state index contributed by atoms with van der Waals surface area (Å²) in [7, 11) is 4.17. The highest BCUT2D eigenvalue weighted by atomic mass is 16.1. The Morgan fingerprint density at radius 2 is 2.06 bits per heavy atom. The van der Waals surface area contributed by atoms with Crippen molar-refractivity contribution in [2.75, 3.05) is 0 Å². The standard InChI is InChI=1S/C12H16B2N2O/c1-7(17)16-12(14)11(13)9-6-15-10-5-3-2-4-8(9)10/h2-6,11-12,15H,13-14H2,1H3,(H,16,17). The minimum Gasteiger partial charge on any atom is -0.362 e. The molecule has 0 saturated heterocycles. The van der Waals surface area contributed by atoms with Crippen molar-refractivity contribution in [3.63, 3.8) is 0 Å². The molecule has 5 heteroatoms. The summed E-state index contributed by atoms with van der Waals surface area (Å²) in [5, 5.41) is 4.18. The third-order valence-corrected chi connectivity index (χ3v) is 3.29. The summed E-state index contributed by atoms with van der Waals surface area (Å²) in [4.78, 5) is 14.3. The lowest BCUT2D eigenvalue weighted by Gasteiger charge is -2.20. The Bertz CT molecular complexity index is 538. The molecule has 0 spiro atoms. The van der Waals surface area contributed by atoms with Crippen LogP contribution < -0.4 is 5.32 Å². The van der Waals surface area contributed by atoms with Gasteiger partial charge in [0.1, 0.15) is 15.7 Å². The van der Waals surface area contributed by atoms with E-state index in [1.807, 2.05) is 26.2 Å². The molecule has 2 aromatic rings. The third-order valence-electron chi connectivity index (χ3n) is 3.29. The number of hydrogen-bond donors (Lipinski definition) is 2. The number of amides is 1. The van der Waals surface area contributed by atoms with Crippen LogP contribution in [0.5, 0.6) is 0 Å². The van der Waals surface area contributed by atoms with Crippen molar-refractivity contribution in [2.24, 2.45) is 0 Å². The molecule has 1 aromatic carbocycles. The van der Waals surface area contributed by atoms with Crippen LogP contribution in [0, 0.1) is 0 Å². The second kappa shape index (κ2) is 4.70. The van der Waals surface area contributed by atoms with Gasteiger partial charge in [-0.05, 0) is 23.4 Å². The fraction of sp³-hybridized carbons (Fsp3) is 0.250. The van der Waals surface area contributed by atoms with Crippen molar-refractivity contribution >= 4 is 32.5 Å². The van der Waals surface area contributed by atoms with Crippen LogP contribution >= 0.6 is 0 Å². The number of para-hydroxylation sites is 1. The van der Waals surface area contributed by atoms with Crippen LogP contribution in [-0.2, 0) is 4.79 Å². The molecule has 3 nitrogen and oxygen atoms in total. The third kappa shape index (κ3) is 2.38. The highest BCUT2D eigenvalue weighted by Crippen LogP contribution is 2.24. The van der Waals surface area contributed by atoms with Gasteiger partial charge in [0.25, 0.3) is 0 Å². The van der Waals surface area contributed by atoms with E-state index in [2.05, 4.69) is 30.3 Å². The van der Waals surface area contributed by atoms with Crippen LogP contribution in [0.4, 0.5) is 0 Å². The van der Waals surface area contributed by atoms with Gasteiger partial charge in [0.05, 0.1) is 0 Å². The molecule has 0 aliphatic rings. The molecular weight excluding hydrogens is 210 g/mol. The number of carbonyl (C=O) groups is 1. The van der Waals surface area contributed by atoms with E-state index >= 15 is 0 Å². The van der Waals surface area contributed by atoms with E-state index < -0.39 is 0 Å². The molecule has 0 radical (unpaired) electrons. The fourth-order valence-electron chi connectivity index (χ4n) is 2.19. The van der Waals surface area contributed by atoms with E-state index in [9.17, 15) is 4.79 Å². The second-order valence-electron chi connectivity index (χ2n) is 4.57. The Morgan fingerprint density at radius 3 is 2.76 bits per heavy atom. The SMILES string of the molecule is BC(NC(C)=O)C(B)c1c[nH]c2ccccc12. The Morgan fingerprint density at radius 1 is 1.35 bits per heavy atom. The van der Waals surface area contributed by atoms with Gasteiger partial charge >= 0.3 is 0 Å². The largest absolute Gasteiger partial charge is 0.362 e. The average molecular weight is 226 g/mol. The summed E-state index contributed by atoms with van der Waals surface area (Å²) in [5.41, 5.74) is 2.39. The van der Waals surface area contributed by atoms with Crippen molar-refractivity contribution in [1.29, 1.82) is 0 Å². The molecule has 2 rings (SSSR count). The summed E-state index contributed by atoms with van der Waals surface area (Å²) in [6.45, 7) is 1.55. The maximum Gasteiger partial charge on any atom is 0.216 e. The van der Waals surface area contributed by atoms with E-state index in [0.717, 1.165) is 5.52 Å². The Hall–Kier alpha value is -1.64. The van der Waals surface area contributed by atoms with Crippen molar-refractivity contribution in [1.82, 2.24) is 10.3 Å². The summed E-state index contributed by atoms with van der Waals surface area (Å²) < 4.78 is 0. The first-order valence-electron chi connectivity index (χ1n) is 5.92. The zero-order valence-corrected chi connectivity index (χ0v) is 10.4.